The van der Waals surface area contributed by atoms with Crippen LogP contribution in [0.4, 0.5) is 13.2 Å². The Bertz CT molecular complexity index is 1530. The Morgan fingerprint density at radius 3 is 2.33 bits per heavy atom. The molecule has 0 aliphatic rings. The van der Waals surface area contributed by atoms with E-state index in [1.54, 1.807) is 59.3 Å². The number of carbonyl (C=O) groups is 1. The Hall–Kier alpha value is -4.19. The maximum atomic E-state index is 13.3. The Kier molecular flexibility index (Phi) is 8.34. The summed E-state index contributed by atoms with van der Waals surface area (Å²) in [5.74, 6) is 4.53. The Labute approximate surface area is 230 Å². The van der Waals surface area contributed by atoms with E-state index >= 15 is 0 Å². The lowest BCUT2D eigenvalue weighted by molar-refractivity contribution is -0.137. The minimum Gasteiger partial charge on any atom is -0.306 e. The molecule has 0 saturated heterocycles. The minimum absolute atomic E-state index is 0.00878. The van der Waals surface area contributed by atoms with Gasteiger partial charge in [-0.15, -0.1) is 5.11 Å². The number of amides is 1. The van der Waals surface area contributed by atoms with Gasteiger partial charge in [-0.05, 0) is 54.1 Å². The number of hydrogen-bond donors (Lipinski definition) is 3. The van der Waals surface area contributed by atoms with Crippen LogP contribution in [-0.4, -0.2) is 15.7 Å². The molecule has 4 aromatic rings. The summed E-state index contributed by atoms with van der Waals surface area (Å²) in [4.78, 5) is 12.4. The lowest BCUT2D eigenvalue weighted by Gasteiger charge is -2.10. The van der Waals surface area contributed by atoms with Crippen LogP contribution in [0.3, 0.4) is 0 Å². The van der Waals surface area contributed by atoms with Gasteiger partial charge in [0, 0.05) is 26.7 Å². The van der Waals surface area contributed by atoms with Gasteiger partial charge in [0.25, 0.3) is 5.91 Å². The maximum absolute atomic E-state index is 13.3. The predicted octanol–water partition coefficient (Wildman–Crippen LogP) is 6.62. The lowest BCUT2D eigenvalue weighted by atomic mass is 10.1. The molecule has 0 atom stereocenters. The summed E-state index contributed by atoms with van der Waals surface area (Å²) in [5.41, 5.74) is 4.14. The third kappa shape index (κ3) is 7.02. The zero-order chi connectivity index (χ0) is 28.2. The number of hydrazine groups is 1. The number of nitrogens with one attached hydrogen (secondary N) is 2. The second kappa shape index (κ2) is 11.7. The first-order chi connectivity index (χ1) is 18.5. The molecule has 0 radical (unpaired) electrons. The van der Waals surface area contributed by atoms with Crippen LogP contribution in [0.5, 0.6) is 0 Å². The van der Waals surface area contributed by atoms with Crippen LogP contribution in [-0.2, 0) is 12.7 Å². The lowest BCUT2D eigenvalue weighted by Crippen LogP contribution is -2.22. The fraction of sp³-hybridized carbons (Fsp3) is 0.0769. The highest BCUT2D eigenvalue weighted by atomic mass is 35.5. The Morgan fingerprint density at radius 1 is 1.00 bits per heavy atom. The molecule has 0 unspecified atom stereocenters. The largest absolute Gasteiger partial charge is 0.416 e. The zero-order valence-corrected chi connectivity index (χ0v) is 21.5. The van der Waals surface area contributed by atoms with Gasteiger partial charge < -0.3 is 5.32 Å². The number of carbonyl (C=O) groups excluding carboxylic acids is 1. The average molecular weight is 574 g/mol. The molecule has 0 bridgehead atoms. The molecule has 0 saturated carbocycles. The quantitative estimate of drug-likeness (QED) is 0.125. The van der Waals surface area contributed by atoms with Crippen molar-refractivity contribution in [3.05, 3.63) is 112 Å². The zero-order valence-electron chi connectivity index (χ0n) is 20.0. The van der Waals surface area contributed by atoms with Crippen LogP contribution >= 0.6 is 23.2 Å². The molecule has 13 heteroatoms. The van der Waals surface area contributed by atoms with Crippen LogP contribution in [0.1, 0.15) is 21.5 Å². The number of halogens is 5. The van der Waals surface area contributed by atoms with E-state index in [1.807, 2.05) is 5.53 Å². The molecular formula is C26H20Cl2F3N7O. The molecule has 4 N–H and O–H groups in total. The molecule has 1 aromatic heterocycles. The first-order valence-electron chi connectivity index (χ1n) is 11.2. The number of alkyl halides is 3. The Balaban J connectivity index is 1.67. The molecule has 0 fully saturated rings. The van der Waals surface area contributed by atoms with Crippen molar-refractivity contribution >= 4 is 29.1 Å². The van der Waals surface area contributed by atoms with E-state index in [0.29, 0.717) is 38.1 Å². The van der Waals surface area contributed by atoms with Crippen molar-refractivity contribution < 1.29 is 18.0 Å². The molecule has 200 valence electrons. The van der Waals surface area contributed by atoms with Crippen molar-refractivity contribution in [1.29, 1.82) is 0 Å². The smallest absolute Gasteiger partial charge is 0.306 e. The molecule has 0 aliphatic carbocycles. The normalized spacial score (nSPS) is 11.5. The molecule has 3 aromatic carbocycles. The highest BCUT2D eigenvalue weighted by Gasteiger charge is 2.30. The van der Waals surface area contributed by atoms with Gasteiger partial charge in [0.2, 0.25) is 0 Å². The number of hydrogen-bond acceptors (Lipinski definition) is 5. The summed E-state index contributed by atoms with van der Waals surface area (Å²) >= 11 is 12.4. The van der Waals surface area contributed by atoms with E-state index in [0.717, 1.165) is 17.7 Å². The van der Waals surface area contributed by atoms with E-state index in [-0.39, 0.29) is 12.4 Å². The number of benzene rings is 3. The molecule has 1 amide bonds. The van der Waals surface area contributed by atoms with E-state index in [2.05, 4.69) is 27.3 Å². The van der Waals surface area contributed by atoms with Crippen LogP contribution in [0, 0.1) is 0 Å². The van der Waals surface area contributed by atoms with E-state index in [1.165, 1.54) is 6.07 Å². The van der Waals surface area contributed by atoms with Gasteiger partial charge in [-0.3, -0.25) is 9.48 Å². The molecule has 39 heavy (non-hydrogen) atoms. The van der Waals surface area contributed by atoms with Crippen molar-refractivity contribution in [2.75, 3.05) is 0 Å². The average Bonchev–Trinajstić information content (AvgIpc) is 3.30. The number of nitrogens with zero attached hydrogens (tertiary/aromatic N) is 4. The van der Waals surface area contributed by atoms with E-state index in [4.69, 9.17) is 29.0 Å². The highest BCUT2D eigenvalue weighted by molar-refractivity contribution is 6.35. The van der Waals surface area contributed by atoms with E-state index in [9.17, 15) is 18.0 Å². The van der Waals surface area contributed by atoms with Gasteiger partial charge in [0.1, 0.15) is 5.82 Å². The van der Waals surface area contributed by atoms with Gasteiger partial charge in [-0.1, -0.05) is 59.3 Å². The SMILES string of the molecule is C=C(/N=N\NN)NC(=O)c1ccc(Cn2nc(-c3cccc(C(F)(F)F)c3)cc2-c2cc(Cl)cc(Cl)c2)cc1. The summed E-state index contributed by atoms with van der Waals surface area (Å²) in [6.07, 6.45) is -4.49. The van der Waals surface area contributed by atoms with Crippen LogP contribution in [0.2, 0.25) is 10.0 Å². The van der Waals surface area contributed by atoms with Crippen molar-refractivity contribution in [1.82, 2.24) is 20.6 Å². The fourth-order valence-electron chi connectivity index (χ4n) is 3.72. The standard InChI is InChI=1S/C26H20Cl2F3N7O/c1-15(34-37-36-32)33-25(39)17-7-5-16(6-8-17)14-38-24(19-10-21(27)12-22(28)11-19)13-23(35-38)18-3-2-4-20(9-18)26(29,30)31/h2-13H,1,14H2,(H2,32,37)(H,33,39)(H,34,36). The van der Waals surface area contributed by atoms with Gasteiger partial charge in [-0.25, -0.2) is 11.4 Å². The molecule has 0 spiro atoms. The van der Waals surface area contributed by atoms with Crippen LogP contribution in [0.25, 0.3) is 22.5 Å². The summed E-state index contributed by atoms with van der Waals surface area (Å²) in [5, 5.41) is 14.7. The summed E-state index contributed by atoms with van der Waals surface area (Å²) < 4.78 is 41.6. The predicted molar refractivity (Wildman–Crippen MR) is 142 cm³/mol. The number of aromatic nitrogens is 2. The van der Waals surface area contributed by atoms with Crippen LogP contribution in [0.15, 0.2) is 95.5 Å². The van der Waals surface area contributed by atoms with Gasteiger partial charge in [0.15, 0.2) is 0 Å². The van der Waals surface area contributed by atoms with Gasteiger partial charge >= 0.3 is 6.18 Å². The first-order valence-corrected chi connectivity index (χ1v) is 12.0. The summed E-state index contributed by atoms with van der Waals surface area (Å²) in [7, 11) is 0. The molecule has 0 aliphatic heterocycles. The molecule has 8 nitrogen and oxygen atoms in total. The molecule has 1 heterocycles. The highest BCUT2D eigenvalue weighted by Crippen LogP contribution is 2.34. The minimum atomic E-state index is -4.49. The van der Waals surface area contributed by atoms with Crippen molar-refractivity contribution in [2.24, 2.45) is 16.2 Å². The summed E-state index contributed by atoms with van der Waals surface area (Å²) in [6.45, 7) is 3.79. The molecular weight excluding hydrogens is 554 g/mol. The molecule has 4 rings (SSSR count). The third-order valence-electron chi connectivity index (χ3n) is 5.46. The van der Waals surface area contributed by atoms with Crippen molar-refractivity contribution in [2.45, 2.75) is 12.7 Å². The topological polar surface area (TPSA) is 110 Å². The number of rotatable bonds is 8. The third-order valence-corrected chi connectivity index (χ3v) is 5.90. The van der Waals surface area contributed by atoms with Gasteiger partial charge in [-0.2, -0.15) is 18.3 Å². The maximum Gasteiger partial charge on any atom is 0.416 e. The van der Waals surface area contributed by atoms with Crippen molar-refractivity contribution in [3.63, 3.8) is 0 Å². The van der Waals surface area contributed by atoms with E-state index < -0.39 is 17.6 Å². The monoisotopic (exact) mass is 573 g/mol. The number of nitrogens with two attached hydrogens (primary N) is 1. The van der Waals surface area contributed by atoms with Crippen LogP contribution < -0.4 is 16.7 Å². The summed E-state index contributed by atoms with van der Waals surface area (Å²) in [6, 6.07) is 18.2. The Morgan fingerprint density at radius 2 is 1.69 bits per heavy atom. The first kappa shape index (κ1) is 27.8. The fourth-order valence-corrected chi connectivity index (χ4v) is 4.25. The van der Waals surface area contributed by atoms with Gasteiger partial charge in [0.05, 0.1) is 23.5 Å². The van der Waals surface area contributed by atoms with Crippen molar-refractivity contribution in [3.8, 4) is 22.5 Å². The second-order valence-corrected chi connectivity index (χ2v) is 9.11. The second-order valence-electron chi connectivity index (χ2n) is 8.24.